The minimum Gasteiger partial charge on any atom is -0.481 e. The molecule has 0 aliphatic heterocycles. The Balaban J connectivity index is 1.86. The van der Waals surface area contributed by atoms with Crippen LogP contribution < -0.4 is 4.90 Å². The molecule has 1 unspecified atom stereocenters. The summed E-state index contributed by atoms with van der Waals surface area (Å²) in [6.07, 6.45) is 3.95. The lowest BCUT2D eigenvalue weighted by molar-refractivity contribution is -0.137. The van der Waals surface area contributed by atoms with Crippen molar-refractivity contribution in [3.8, 4) is 0 Å². The molecule has 0 bridgehead atoms. The van der Waals surface area contributed by atoms with Crippen LogP contribution in [0, 0.1) is 11.8 Å². The van der Waals surface area contributed by atoms with Crippen molar-refractivity contribution in [3.05, 3.63) is 41.0 Å². The van der Waals surface area contributed by atoms with Gasteiger partial charge in [-0.3, -0.25) is 4.79 Å². The number of carbonyl (C=O) groups is 1. The van der Waals surface area contributed by atoms with Crippen LogP contribution in [-0.4, -0.2) is 34.3 Å². The molecule has 31 heavy (non-hydrogen) atoms. The van der Waals surface area contributed by atoms with Crippen molar-refractivity contribution >= 4 is 11.7 Å². The van der Waals surface area contributed by atoms with Gasteiger partial charge in [-0.2, -0.15) is 4.98 Å². The SMILES string of the molecule is CC(C)CN(CC(C)C)c1ccc(C(C)CC(=O)O)cc1CCc1noc(C2CC2)n1. The van der Waals surface area contributed by atoms with E-state index >= 15 is 0 Å². The first-order chi connectivity index (χ1) is 14.7. The van der Waals surface area contributed by atoms with Crippen LogP contribution in [0.4, 0.5) is 5.69 Å². The largest absolute Gasteiger partial charge is 0.481 e. The first-order valence-corrected chi connectivity index (χ1v) is 11.6. The lowest BCUT2D eigenvalue weighted by Gasteiger charge is -2.31. The van der Waals surface area contributed by atoms with E-state index in [2.05, 4.69) is 60.9 Å². The molecule has 3 rings (SSSR count). The highest BCUT2D eigenvalue weighted by molar-refractivity contribution is 5.68. The fourth-order valence-electron chi connectivity index (χ4n) is 4.06. The first-order valence-electron chi connectivity index (χ1n) is 11.6. The molecule has 1 saturated carbocycles. The molecule has 6 heteroatoms. The average Bonchev–Trinajstić information content (AvgIpc) is 3.42. The van der Waals surface area contributed by atoms with Gasteiger partial charge in [-0.25, -0.2) is 0 Å². The molecule has 0 amide bonds. The normalized spacial score (nSPS) is 14.9. The Labute approximate surface area is 186 Å². The standard InChI is InChI=1S/C25H37N3O3/c1-16(2)14-28(15-17(3)4)22-10-8-20(18(5)12-24(29)30)13-21(22)9-11-23-26-25(31-27-23)19-6-7-19/h8,10,13,16-19H,6-7,9,11-12,14-15H2,1-5H3,(H,29,30). The monoisotopic (exact) mass is 427 g/mol. The van der Waals surface area contributed by atoms with Gasteiger partial charge in [0, 0.05) is 31.1 Å². The minimum absolute atomic E-state index is 0.0272. The summed E-state index contributed by atoms with van der Waals surface area (Å²) in [4.78, 5) is 18.3. The topological polar surface area (TPSA) is 79.5 Å². The van der Waals surface area contributed by atoms with E-state index in [1.807, 2.05) is 6.92 Å². The number of nitrogens with zero attached hydrogens (tertiary/aromatic N) is 3. The number of hydrogen-bond donors (Lipinski definition) is 1. The maximum Gasteiger partial charge on any atom is 0.303 e. The molecule has 1 heterocycles. The van der Waals surface area contributed by atoms with Crippen LogP contribution in [0.2, 0.25) is 0 Å². The maximum absolute atomic E-state index is 11.2. The second-order valence-corrected chi connectivity index (χ2v) is 9.90. The molecule has 1 atom stereocenters. The molecule has 1 aliphatic carbocycles. The molecule has 1 aromatic carbocycles. The third-order valence-electron chi connectivity index (χ3n) is 5.69. The van der Waals surface area contributed by atoms with Crippen LogP contribution in [0.5, 0.6) is 0 Å². The number of aliphatic carboxylic acids is 1. The van der Waals surface area contributed by atoms with Gasteiger partial charge in [-0.05, 0) is 54.2 Å². The van der Waals surface area contributed by atoms with Crippen LogP contribution in [-0.2, 0) is 17.6 Å². The Bertz CT molecular complexity index is 861. The number of carboxylic acid groups (broad SMARTS) is 1. The van der Waals surface area contributed by atoms with Gasteiger partial charge >= 0.3 is 5.97 Å². The number of rotatable bonds is 12. The summed E-state index contributed by atoms with van der Waals surface area (Å²) in [5, 5.41) is 13.4. The van der Waals surface area contributed by atoms with Gasteiger partial charge in [-0.15, -0.1) is 0 Å². The van der Waals surface area contributed by atoms with E-state index in [0.29, 0.717) is 17.8 Å². The highest BCUT2D eigenvalue weighted by Gasteiger charge is 2.29. The smallest absolute Gasteiger partial charge is 0.303 e. The van der Waals surface area contributed by atoms with Crippen LogP contribution in [0.3, 0.4) is 0 Å². The summed E-state index contributed by atoms with van der Waals surface area (Å²) in [5.41, 5.74) is 3.54. The molecule has 170 valence electrons. The van der Waals surface area contributed by atoms with Crippen molar-refractivity contribution in [2.45, 2.75) is 78.6 Å². The predicted octanol–water partition coefficient (Wildman–Crippen LogP) is 5.43. The van der Waals surface area contributed by atoms with E-state index < -0.39 is 5.97 Å². The number of aryl methyl sites for hydroxylation is 2. The molecule has 1 fully saturated rings. The zero-order valence-electron chi connectivity index (χ0n) is 19.6. The highest BCUT2D eigenvalue weighted by Crippen LogP contribution is 2.39. The van der Waals surface area contributed by atoms with Crippen molar-refractivity contribution in [1.29, 1.82) is 0 Å². The molecule has 2 aromatic rings. The van der Waals surface area contributed by atoms with Gasteiger partial charge in [0.2, 0.25) is 5.89 Å². The molecular formula is C25H37N3O3. The third kappa shape index (κ3) is 6.81. The Morgan fingerprint density at radius 2 is 1.81 bits per heavy atom. The summed E-state index contributed by atoms with van der Waals surface area (Å²) in [6, 6.07) is 6.47. The van der Waals surface area contributed by atoms with E-state index in [9.17, 15) is 9.90 Å². The van der Waals surface area contributed by atoms with Crippen molar-refractivity contribution in [1.82, 2.24) is 10.1 Å². The Morgan fingerprint density at radius 1 is 1.13 bits per heavy atom. The molecule has 1 aromatic heterocycles. The highest BCUT2D eigenvalue weighted by atomic mass is 16.5. The Morgan fingerprint density at radius 3 is 2.39 bits per heavy atom. The average molecular weight is 428 g/mol. The van der Waals surface area contributed by atoms with Crippen molar-refractivity contribution < 1.29 is 14.4 Å². The number of hydrogen-bond acceptors (Lipinski definition) is 5. The van der Waals surface area contributed by atoms with E-state index in [1.54, 1.807) is 0 Å². The second-order valence-electron chi connectivity index (χ2n) is 9.90. The van der Waals surface area contributed by atoms with Crippen molar-refractivity contribution in [2.75, 3.05) is 18.0 Å². The maximum atomic E-state index is 11.2. The van der Waals surface area contributed by atoms with E-state index in [-0.39, 0.29) is 12.3 Å². The zero-order chi connectivity index (χ0) is 22.5. The van der Waals surface area contributed by atoms with E-state index in [1.165, 1.54) is 11.3 Å². The molecular weight excluding hydrogens is 390 g/mol. The molecule has 6 nitrogen and oxygen atoms in total. The van der Waals surface area contributed by atoms with Crippen LogP contribution >= 0.6 is 0 Å². The van der Waals surface area contributed by atoms with Gasteiger partial charge in [0.1, 0.15) is 0 Å². The summed E-state index contributed by atoms with van der Waals surface area (Å²) >= 11 is 0. The first kappa shape index (κ1) is 23.3. The Hall–Kier alpha value is -2.37. The van der Waals surface area contributed by atoms with Crippen molar-refractivity contribution in [3.63, 3.8) is 0 Å². The van der Waals surface area contributed by atoms with Crippen LogP contribution in [0.25, 0.3) is 0 Å². The van der Waals surface area contributed by atoms with Gasteiger partial charge in [0.15, 0.2) is 5.82 Å². The summed E-state index contributed by atoms with van der Waals surface area (Å²) in [6.45, 7) is 12.9. The van der Waals surface area contributed by atoms with E-state index in [0.717, 1.165) is 56.1 Å². The fourth-order valence-corrected chi connectivity index (χ4v) is 4.06. The van der Waals surface area contributed by atoms with Gasteiger partial charge < -0.3 is 14.5 Å². The number of benzene rings is 1. The molecule has 1 aliphatic rings. The molecule has 0 saturated heterocycles. The number of carboxylic acids is 1. The van der Waals surface area contributed by atoms with E-state index in [4.69, 9.17) is 4.52 Å². The lowest BCUT2D eigenvalue weighted by Crippen LogP contribution is -2.32. The Kier molecular flexibility index (Phi) is 7.74. The fraction of sp³-hybridized carbons (Fsp3) is 0.640. The van der Waals surface area contributed by atoms with Gasteiger partial charge in [0.05, 0.1) is 6.42 Å². The number of anilines is 1. The van der Waals surface area contributed by atoms with Crippen molar-refractivity contribution in [2.24, 2.45) is 11.8 Å². The number of aromatic nitrogens is 2. The molecule has 0 spiro atoms. The lowest BCUT2D eigenvalue weighted by atomic mass is 9.93. The predicted molar refractivity (Wildman–Crippen MR) is 123 cm³/mol. The third-order valence-corrected chi connectivity index (χ3v) is 5.69. The summed E-state index contributed by atoms with van der Waals surface area (Å²) in [7, 11) is 0. The van der Waals surface area contributed by atoms with Gasteiger partial charge in [0.25, 0.3) is 0 Å². The molecule has 0 radical (unpaired) electrons. The molecule has 1 N–H and O–H groups in total. The van der Waals surface area contributed by atoms with Crippen LogP contribution in [0.1, 0.15) is 88.6 Å². The van der Waals surface area contributed by atoms with Gasteiger partial charge in [-0.1, -0.05) is 51.9 Å². The van der Waals surface area contributed by atoms with Crippen LogP contribution in [0.15, 0.2) is 22.7 Å². The summed E-state index contributed by atoms with van der Waals surface area (Å²) in [5.74, 6) is 2.31. The zero-order valence-corrected chi connectivity index (χ0v) is 19.6. The summed E-state index contributed by atoms with van der Waals surface area (Å²) < 4.78 is 5.43. The quantitative estimate of drug-likeness (QED) is 0.487. The minimum atomic E-state index is -0.765. The second kappa shape index (κ2) is 10.3.